The van der Waals surface area contributed by atoms with Crippen LogP contribution in [-0.4, -0.2) is 17.1 Å². The first-order valence-electron chi connectivity index (χ1n) is 6.72. The molecular formula is C15H16N2O3. The van der Waals surface area contributed by atoms with E-state index in [2.05, 4.69) is 10.5 Å². The number of nitrogens with one attached hydrogen (secondary N) is 1. The predicted octanol–water partition coefficient (Wildman–Crippen LogP) is 2.76. The number of nitrogens with zero attached hydrogens (tertiary/aromatic N) is 1. The van der Waals surface area contributed by atoms with Crippen LogP contribution in [0.5, 0.6) is 5.75 Å². The van der Waals surface area contributed by atoms with Gasteiger partial charge in [-0.3, -0.25) is 4.79 Å². The molecule has 2 heterocycles. The maximum atomic E-state index is 12.2. The molecule has 5 nitrogen and oxygen atoms in total. The molecule has 5 heteroatoms. The second-order valence-electron chi connectivity index (χ2n) is 4.91. The molecule has 2 aromatic rings. The third kappa shape index (κ3) is 2.05. The highest BCUT2D eigenvalue weighted by molar-refractivity contribution is 5.95. The second kappa shape index (κ2) is 5.00. The molecule has 20 heavy (non-hydrogen) atoms. The molecule has 1 aromatic heterocycles. The minimum Gasteiger partial charge on any atom is -0.488 e. The Hall–Kier alpha value is -2.30. The number of carbonyl (C=O) groups excluding carboxylic acids is 1. The van der Waals surface area contributed by atoms with Crippen molar-refractivity contribution in [1.82, 2.24) is 10.5 Å². The lowest BCUT2D eigenvalue weighted by Gasteiger charge is -2.16. The van der Waals surface area contributed by atoms with Crippen molar-refractivity contribution in [2.24, 2.45) is 0 Å². The molecule has 1 aliphatic heterocycles. The van der Waals surface area contributed by atoms with Gasteiger partial charge in [0.25, 0.3) is 5.91 Å². The van der Waals surface area contributed by atoms with E-state index in [1.54, 1.807) is 0 Å². The quantitative estimate of drug-likeness (QED) is 0.933. The van der Waals surface area contributed by atoms with Crippen molar-refractivity contribution in [3.8, 4) is 17.1 Å². The van der Waals surface area contributed by atoms with Crippen LogP contribution >= 0.6 is 0 Å². The summed E-state index contributed by atoms with van der Waals surface area (Å²) >= 11 is 0. The molecule has 1 aromatic carbocycles. The van der Waals surface area contributed by atoms with Gasteiger partial charge in [0.2, 0.25) is 0 Å². The standard InChI is InChI=1S/C15H16N2O3/c1-3-9(2)16-15(18)13-11-8-19-12-7-5-4-6-10(12)14(11)20-17-13/h4-7,9H,3,8H2,1-2H3,(H,16,18). The van der Waals surface area contributed by atoms with Crippen molar-refractivity contribution in [3.63, 3.8) is 0 Å². The van der Waals surface area contributed by atoms with Crippen LogP contribution < -0.4 is 10.1 Å². The van der Waals surface area contributed by atoms with Gasteiger partial charge in [-0.15, -0.1) is 0 Å². The van der Waals surface area contributed by atoms with Crippen LogP contribution in [0.15, 0.2) is 28.8 Å². The van der Waals surface area contributed by atoms with Gasteiger partial charge in [-0.1, -0.05) is 24.2 Å². The normalized spacial score (nSPS) is 13.9. The molecule has 1 atom stereocenters. The average molecular weight is 272 g/mol. The van der Waals surface area contributed by atoms with Gasteiger partial charge in [-0.25, -0.2) is 0 Å². The summed E-state index contributed by atoms with van der Waals surface area (Å²) in [6.45, 7) is 4.28. The number of fused-ring (bicyclic) bond motifs is 3. The fraction of sp³-hybridized carbons (Fsp3) is 0.333. The number of rotatable bonds is 3. The summed E-state index contributed by atoms with van der Waals surface area (Å²) in [7, 11) is 0. The predicted molar refractivity (Wildman–Crippen MR) is 73.5 cm³/mol. The fourth-order valence-corrected chi connectivity index (χ4v) is 2.16. The molecular weight excluding hydrogens is 256 g/mol. The smallest absolute Gasteiger partial charge is 0.274 e. The van der Waals surface area contributed by atoms with Crippen LogP contribution in [0.2, 0.25) is 0 Å². The van der Waals surface area contributed by atoms with Gasteiger partial charge in [0.1, 0.15) is 12.4 Å². The summed E-state index contributed by atoms with van der Waals surface area (Å²) in [5.74, 6) is 1.17. The van der Waals surface area contributed by atoms with Crippen LogP contribution in [0.4, 0.5) is 0 Å². The van der Waals surface area contributed by atoms with E-state index in [-0.39, 0.29) is 11.9 Å². The third-order valence-electron chi connectivity index (χ3n) is 3.50. The second-order valence-corrected chi connectivity index (χ2v) is 4.91. The number of carbonyl (C=O) groups is 1. The lowest BCUT2D eigenvalue weighted by atomic mass is 10.0. The zero-order valence-electron chi connectivity index (χ0n) is 11.5. The minimum absolute atomic E-state index is 0.103. The summed E-state index contributed by atoms with van der Waals surface area (Å²) in [6.07, 6.45) is 0.866. The molecule has 0 bridgehead atoms. The maximum absolute atomic E-state index is 12.2. The molecule has 0 radical (unpaired) electrons. The molecule has 1 unspecified atom stereocenters. The molecule has 3 rings (SSSR count). The van der Waals surface area contributed by atoms with Crippen molar-refractivity contribution in [3.05, 3.63) is 35.5 Å². The Morgan fingerprint density at radius 1 is 1.45 bits per heavy atom. The molecule has 1 aliphatic rings. The molecule has 1 amide bonds. The number of hydrogen-bond donors (Lipinski definition) is 1. The Labute approximate surface area is 116 Å². The first-order valence-corrected chi connectivity index (χ1v) is 6.72. The van der Waals surface area contributed by atoms with E-state index in [0.29, 0.717) is 23.6 Å². The van der Waals surface area contributed by atoms with Gasteiger partial charge in [0.05, 0.1) is 11.1 Å². The van der Waals surface area contributed by atoms with Crippen LogP contribution in [0.25, 0.3) is 11.3 Å². The van der Waals surface area contributed by atoms with Gasteiger partial charge in [0.15, 0.2) is 11.5 Å². The Morgan fingerprint density at radius 3 is 3.05 bits per heavy atom. The lowest BCUT2D eigenvalue weighted by molar-refractivity contribution is 0.0928. The summed E-state index contributed by atoms with van der Waals surface area (Å²) in [6, 6.07) is 7.68. The summed E-state index contributed by atoms with van der Waals surface area (Å²) in [5.41, 5.74) is 1.86. The Balaban J connectivity index is 1.95. The Kier molecular flexibility index (Phi) is 3.18. The number of para-hydroxylation sites is 1. The molecule has 0 saturated heterocycles. The van der Waals surface area contributed by atoms with Crippen molar-refractivity contribution in [2.75, 3.05) is 0 Å². The molecule has 0 saturated carbocycles. The van der Waals surface area contributed by atoms with Crippen LogP contribution in [0.3, 0.4) is 0 Å². The highest BCUT2D eigenvalue weighted by Crippen LogP contribution is 2.38. The van der Waals surface area contributed by atoms with Crippen LogP contribution in [-0.2, 0) is 6.61 Å². The first-order chi connectivity index (χ1) is 9.70. The number of benzene rings is 1. The van der Waals surface area contributed by atoms with Crippen LogP contribution in [0, 0.1) is 0 Å². The fourth-order valence-electron chi connectivity index (χ4n) is 2.16. The minimum atomic E-state index is -0.215. The Bertz CT molecular complexity index is 648. The lowest BCUT2D eigenvalue weighted by Crippen LogP contribution is -2.33. The SMILES string of the molecule is CCC(C)NC(=O)c1noc2c1COc1ccccc1-2. The Morgan fingerprint density at radius 2 is 2.25 bits per heavy atom. The van der Waals surface area contributed by atoms with Gasteiger partial charge < -0.3 is 14.6 Å². The van der Waals surface area contributed by atoms with E-state index in [0.717, 1.165) is 17.7 Å². The highest BCUT2D eigenvalue weighted by atomic mass is 16.5. The van der Waals surface area contributed by atoms with Gasteiger partial charge in [-0.05, 0) is 25.5 Å². The summed E-state index contributed by atoms with van der Waals surface area (Å²) in [5, 5.41) is 6.81. The molecule has 0 spiro atoms. The van der Waals surface area contributed by atoms with E-state index in [1.807, 2.05) is 38.1 Å². The van der Waals surface area contributed by atoms with Crippen LogP contribution in [0.1, 0.15) is 36.3 Å². The number of ether oxygens (including phenoxy) is 1. The number of hydrogen-bond acceptors (Lipinski definition) is 4. The highest BCUT2D eigenvalue weighted by Gasteiger charge is 2.28. The molecule has 104 valence electrons. The maximum Gasteiger partial charge on any atom is 0.274 e. The first kappa shape index (κ1) is 12.7. The van der Waals surface area contributed by atoms with E-state index in [1.165, 1.54) is 0 Å². The number of amides is 1. The number of aromatic nitrogens is 1. The topological polar surface area (TPSA) is 64.4 Å². The van der Waals surface area contributed by atoms with E-state index < -0.39 is 0 Å². The zero-order valence-corrected chi connectivity index (χ0v) is 11.5. The van der Waals surface area contributed by atoms with E-state index in [4.69, 9.17) is 9.26 Å². The van der Waals surface area contributed by atoms with Crippen molar-refractivity contribution in [2.45, 2.75) is 32.9 Å². The van der Waals surface area contributed by atoms with Gasteiger partial charge >= 0.3 is 0 Å². The largest absolute Gasteiger partial charge is 0.488 e. The average Bonchev–Trinajstić information content (AvgIpc) is 2.91. The molecule has 0 fully saturated rings. The monoisotopic (exact) mass is 272 g/mol. The van der Waals surface area contributed by atoms with Crippen molar-refractivity contribution < 1.29 is 14.1 Å². The zero-order chi connectivity index (χ0) is 14.1. The summed E-state index contributed by atoms with van der Waals surface area (Å²) in [4.78, 5) is 12.2. The molecule has 0 aliphatic carbocycles. The molecule has 1 N–H and O–H groups in total. The van der Waals surface area contributed by atoms with Gasteiger partial charge in [0, 0.05) is 6.04 Å². The van der Waals surface area contributed by atoms with Crippen molar-refractivity contribution >= 4 is 5.91 Å². The summed E-state index contributed by atoms with van der Waals surface area (Å²) < 4.78 is 11.0. The van der Waals surface area contributed by atoms with E-state index in [9.17, 15) is 4.79 Å². The van der Waals surface area contributed by atoms with Gasteiger partial charge in [-0.2, -0.15) is 0 Å². The third-order valence-corrected chi connectivity index (χ3v) is 3.50. The van der Waals surface area contributed by atoms with E-state index >= 15 is 0 Å². The van der Waals surface area contributed by atoms with Crippen molar-refractivity contribution in [1.29, 1.82) is 0 Å².